The lowest BCUT2D eigenvalue weighted by molar-refractivity contribution is 0.0983. The molecule has 0 heterocycles. The van der Waals surface area contributed by atoms with Crippen LogP contribution >= 0.6 is 15.9 Å². The SMILES string of the molecule is C=CCCC(=O)c1cc(N)cc(Br)c1. The van der Waals surface area contributed by atoms with Gasteiger partial charge in [0.05, 0.1) is 0 Å². The van der Waals surface area contributed by atoms with Gasteiger partial charge in [0.15, 0.2) is 5.78 Å². The quantitative estimate of drug-likeness (QED) is 0.509. The van der Waals surface area contributed by atoms with E-state index in [-0.39, 0.29) is 5.78 Å². The van der Waals surface area contributed by atoms with Gasteiger partial charge in [-0.15, -0.1) is 6.58 Å². The van der Waals surface area contributed by atoms with Gasteiger partial charge >= 0.3 is 0 Å². The molecular weight excluding hydrogens is 242 g/mol. The number of hydrogen-bond donors (Lipinski definition) is 1. The molecule has 1 aromatic carbocycles. The molecule has 0 aliphatic rings. The van der Waals surface area contributed by atoms with E-state index in [1.165, 1.54) is 0 Å². The first kappa shape index (κ1) is 11.0. The smallest absolute Gasteiger partial charge is 0.163 e. The topological polar surface area (TPSA) is 43.1 Å². The van der Waals surface area contributed by atoms with E-state index < -0.39 is 0 Å². The summed E-state index contributed by atoms with van der Waals surface area (Å²) >= 11 is 3.30. The Hall–Kier alpha value is -1.09. The number of allylic oxidation sites excluding steroid dienone is 1. The fourth-order valence-electron chi connectivity index (χ4n) is 1.15. The van der Waals surface area contributed by atoms with Crippen molar-refractivity contribution in [3.05, 3.63) is 40.9 Å². The van der Waals surface area contributed by atoms with E-state index in [2.05, 4.69) is 22.5 Å². The van der Waals surface area contributed by atoms with Crippen molar-refractivity contribution < 1.29 is 4.79 Å². The summed E-state index contributed by atoms with van der Waals surface area (Å²) in [5.74, 6) is 0.0953. The van der Waals surface area contributed by atoms with Crippen molar-refractivity contribution in [2.45, 2.75) is 12.8 Å². The summed E-state index contributed by atoms with van der Waals surface area (Å²) in [6, 6.07) is 5.24. The molecule has 0 spiro atoms. The number of nitrogen functional groups attached to an aromatic ring is 1. The lowest BCUT2D eigenvalue weighted by Gasteiger charge is -2.02. The van der Waals surface area contributed by atoms with Crippen LogP contribution in [0.25, 0.3) is 0 Å². The molecule has 0 saturated carbocycles. The van der Waals surface area contributed by atoms with E-state index in [9.17, 15) is 4.79 Å². The lowest BCUT2D eigenvalue weighted by atomic mass is 10.1. The first-order valence-corrected chi connectivity index (χ1v) is 5.13. The summed E-state index contributed by atoms with van der Waals surface area (Å²) in [5, 5.41) is 0. The Morgan fingerprint density at radius 2 is 2.21 bits per heavy atom. The number of carbonyl (C=O) groups excluding carboxylic acids is 1. The van der Waals surface area contributed by atoms with Crippen LogP contribution in [0.5, 0.6) is 0 Å². The van der Waals surface area contributed by atoms with Crippen molar-refractivity contribution in [1.29, 1.82) is 0 Å². The molecule has 0 radical (unpaired) electrons. The molecule has 0 saturated heterocycles. The molecular formula is C11H12BrNO. The number of Topliss-reactive ketones (excluding diaryl/α,β-unsaturated/α-hetero) is 1. The molecule has 0 fully saturated rings. The summed E-state index contributed by atoms with van der Waals surface area (Å²) < 4.78 is 0.833. The third kappa shape index (κ3) is 3.00. The van der Waals surface area contributed by atoms with Crippen LogP contribution in [0.15, 0.2) is 35.3 Å². The van der Waals surface area contributed by atoms with Crippen molar-refractivity contribution in [2.75, 3.05) is 5.73 Å². The molecule has 0 amide bonds. The van der Waals surface area contributed by atoms with Gasteiger partial charge in [0.1, 0.15) is 0 Å². The van der Waals surface area contributed by atoms with E-state index in [0.717, 1.165) is 4.47 Å². The summed E-state index contributed by atoms with van der Waals surface area (Å²) in [6.07, 6.45) is 2.92. The van der Waals surface area contributed by atoms with E-state index in [0.29, 0.717) is 24.1 Å². The molecule has 0 aliphatic heterocycles. The molecule has 2 N–H and O–H groups in total. The fraction of sp³-hybridized carbons (Fsp3) is 0.182. The average Bonchev–Trinajstić information content (AvgIpc) is 2.12. The Kier molecular flexibility index (Phi) is 3.89. The van der Waals surface area contributed by atoms with Gasteiger partial charge in [-0.1, -0.05) is 22.0 Å². The Morgan fingerprint density at radius 3 is 2.79 bits per heavy atom. The van der Waals surface area contributed by atoms with Crippen molar-refractivity contribution in [3.63, 3.8) is 0 Å². The zero-order valence-corrected chi connectivity index (χ0v) is 9.38. The van der Waals surface area contributed by atoms with Gasteiger partial charge in [-0.3, -0.25) is 4.79 Å². The highest BCUT2D eigenvalue weighted by molar-refractivity contribution is 9.10. The van der Waals surface area contributed by atoms with Crippen molar-refractivity contribution in [1.82, 2.24) is 0 Å². The van der Waals surface area contributed by atoms with E-state index in [4.69, 9.17) is 5.73 Å². The number of nitrogens with two attached hydrogens (primary N) is 1. The largest absolute Gasteiger partial charge is 0.399 e. The van der Waals surface area contributed by atoms with Crippen LogP contribution in [0, 0.1) is 0 Å². The number of anilines is 1. The summed E-state index contributed by atoms with van der Waals surface area (Å²) in [6.45, 7) is 3.58. The van der Waals surface area contributed by atoms with Gasteiger partial charge in [-0.2, -0.15) is 0 Å². The van der Waals surface area contributed by atoms with Crippen molar-refractivity contribution in [3.8, 4) is 0 Å². The lowest BCUT2D eigenvalue weighted by Crippen LogP contribution is -1.99. The second-order valence-corrected chi connectivity index (χ2v) is 3.94. The van der Waals surface area contributed by atoms with Gasteiger partial charge < -0.3 is 5.73 Å². The maximum Gasteiger partial charge on any atom is 0.163 e. The molecule has 2 nitrogen and oxygen atoms in total. The first-order chi connectivity index (χ1) is 6.63. The number of rotatable bonds is 4. The minimum atomic E-state index is 0.0953. The third-order valence-electron chi connectivity index (χ3n) is 1.82. The van der Waals surface area contributed by atoms with E-state index in [1.807, 2.05) is 0 Å². The van der Waals surface area contributed by atoms with Crippen LogP contribution in [-0.4, -0.2) is 5.78 Å². The minimum Gasteiger partial charge on any atom is -0.399 e. The van der Waals surface area contributed by atoms with Crippen LogP contribution in [0.3, 0.4) is 0 Å². The Bertz CT molecular complexity index is 340. The maximum absolute atomic E-state index is 11.6. The first-order valence-electron chi connectivity index (χ1n) is 4.33. The Labute approximate surface area is 91.9 Å². The molecule has 1 rings (SSSR count). The number of carbonyl (C=O) groups is 1. The molecule has 3 heteroatoms. The Morgan fingerprint density at radius 1 is 1.50 bits per heavy atom. The van der Waals surface area contributed by atoms with Gasteiger partial charge in [0.25, 0.3) is 0 Å². The minimum absolute atomic E-state index is 0.0953. The van der Waals surface area contributed by atoms with Crippen LogP contribution in [0.2, 0.25) is 0 Å². The van der Waals surface area contributed by atoms with Crippen molar-refractivity contribution >= 4 is 27.4 Å². The standard InChI is InChI=1S/C11H12BrNO/c1-2-3-4-11(14)8-5-9(12)7-10(13)6-8/h2,5-7H,1,3-4,13H2. The fourth-order valence-corrected chi connectivity index (χ4v) is 1.66. The maximum atomic E-state index is 11.6. The summed E-state index contributed by atoms with van der Waals surface area (Å²) in [4.78, 5) is 11.6. The van der Waals surface area contributed by atoms with Gasteiger partial charge in [-0.05, 0) is 24.6 Å². The molecule has 14 heavy (non-hydrogen) atoms. The zero-order valence-electron chi connectivity index (χ0n) is 7.79. The molecule has 0 bridgehead atoms. The molecule has 0 aliphatic carbocycles. The van der Waals surface area contributed by atoms with Crippen LogP contribution in [0.4, 0.5) is 5.69 Å². The molecule has 0 aromatic heterocycles. The second kappa shape index (κ2) is 4.96. The Balaban J connectivity index is 2.84. The summed E-state index contributed by atoms with van der Waals surface area (Å²) in [5.41, 5.74) is 6.87. The van der Waals surface area contributed by atoms with Gasteiger partial charge in [0.2, 0.25) is 0 Å². The van der Waals surface area contributed by atoms with Crippen LogP contribution < -0.4 is 5.73 Å². The number of halogens is 1. The molecule has 0 unspecified atom stereocenters. The highest BCUT2D eigenvalue weighted by Gasteiger charge is 2.06. The number of benzene rings is 1. The predicted molar refractivity (Wildman–Crippen MR) is 62.3 cm³/mol. The average molecular weight is 254 g/mol. The normalized spacial score (nSPS) is 9.79. The highest BCUT2D eigenvalue weighted by atomic mass is 79.9. The highest BCUT2D eigenvalue weighted by Crippen LogP contribution is 2.18. The van der Waals surface area contributed by atoms with Gasteiger partial charge in [-0.25, -0.2) is 0 Å². The van der Waals surface area contributed by atoms with Crippen LogP contribution in [0.1, 0.15) is 23.2 Å². The zero-order chi connectivity index (χ0) is 10.6. The van der Waals surface area contributed by atoms with Crippen LogP contribution in [-0.2, 0) is 0 Å². The summed E-state index contributed by atoms with van der Waals surface area (Å²) in [7, 11) is 0. The van der Waals surface area contributed by atoms with E-state index >= 15 is 0 Å². The predicted octanol–water partition coefficient (Wildman–Crippen LogP) is 3.18. The third-order valence-corrected chi connectivity index (χ3v) is 2.28. The van der Waals surface area contributed by atoms with Crippen molar-refractivity contribution in [2.24, 2.45) is 0 Å². The number of ketones is 1. The second-order valence-electron chi connectivity index (χ2n) is 3.02. The monoisotopic (exact) mass is 253 g/mol. The number of hydrogen-bond acceptors (Lipinski definition) is 2. The molecule has 1 aromatic rings. The molecule has 74 valence electrons. The molecule has 0 atom stereocenters. The van der Waals surface area contributed by atoms with E-state index in [1.54, 1.807) is 24.3 Å². The van der Waals surface area contributed by atoms with Gasteiger partial charge in [0, 0.05) is 22.1 Å².